The van der Waals surface area contributed by atoms with Gasteiger partial charge in [-0.2, -0.15) is 10.1 Å². The molecule has 0 spiro atoms. The molecule has 1 N–H and O–H groups in total. The van der Waals surface area contributed by atoms with Gasteiger partial charge >= 0.3 is 0 Å². The third-order valence-electron chi connectivity index (χ3n) is 2.30. The molecule has 5 nitrogen and oxygen atoms in total. The van der Waals surface area contributed by atoms with Crippen LogP contribution >= 0.6 is 11.3 Å². The molecule has 0 fully saturated rings. The molecule has 2 aromatic rings. The second-order valence-corrected chi connectivity index (χ2v) is 4.77. The summed E-state index contributed by atoms with van der Waals surface area (Å²) in [5.41, 5.74) is 0. The molecule has 6 heteroatoms. The number of carbonyl (C=O) groups excluding carboxylic acids is 1. The Morgan fingerprint density at radius 1 is 1.59 bits per heavy atom. The number of rotatable bonds is 4. The number of nitrogens with one attached hydrogen (secondary N) is 1. The van der Waals surface area contributed by atoms with Gasteiger partial charge in [-0.3, -0.25) is 10.1 Å². The van der Waals surface area contributed by atoms with Gasteiger partial charge in [0.25, 0.3) is 0 Å². The second-order valence-electron chi connectivity index (χ2n) is 3.73. The molecule has 17 heavy (non-hydrogen) atoms. The summed E-state index contributed by atoms with van der Waals surface area (Å²) < 4.78 is 1.57. The summed E-state index contributed by atoms with van der Waals surface area (Å²) in [5.74, 6) is 1.12. The Hall–Kier alpha value is -1.69. The van der Waals surface area contributed by atoms with Crippen LogP contribution in [0.15, 0.2) is 17.5 Å². The molecule has 0 bridgehead atoms. The summed E-state index contributed by atoms with van der Waals surface area (Å²) in [6.07, 6.45) is 1.23. The number of anilines is 1. The fraction of sp³-hybridized carbons (Fsp3) is 0.364. The van der Waals surface area contributed by atoms with Gasteiger partial charge in [0.05, 0.1) is 0 Å². The lowest BCUT2D eigenvalue weighted by molar-refractivity contribution is -0.116. The van der Waals surface area contributed by atoms with Crippen LogP contribution in [0.3, 0.4) is 0 Å². The summed E-state index contributed by atoms with van der Waals surface area (Å²) in [7, 11) is 1.76. The van der Waals surface area contributed by atoms with Gasteiger partial charge in [-0.25, -0.2) is 4.68 Å². The maximum absolute atomic E-state index is 11.7. The van der Waals surface area contributed by atoms with Gasteiger partial charge in [-0.1, -0.05) is 6.07 Å². The number of amides is 1. The first-order chi connectivity index (χ1) is 8.15. The van der Waals surface area contributed by atoms with Crippen molar-refractivity contribution in [3.05, 3.63) is 28.2 Å². The highest BCUT2D eigenvalue weighted by Gasteiger charge is 2.08. The van der Waals surface area contributed by atoms with Gasteiger partial charge in [-0.05, 0) is 24.8 Å². The average molecular weight is 250 g/mol. The standard InChI is InChI=1S/C11H14N4OS/c1-8-12-11(15(2)14-8)13-10(16)6-5-9-4-3-7-17-9/h3-4,7H,5-6H2,1-2H3,(H,12,13,14,16). The van der Waals surface area contributed by atoms with E-state index >= 15 is 0 Å². The zero-order valence-corrected chi connectivity index (χ0v) is 10.6. The molecular formula is C11H14N4OS. The van der Waals surface area contributed by atoms with Crippen molar-refractivity contribution in [3.63, 3.8) is 0 Å². The lowest BCUT2D eigenvalue weighted by Crippen LogP contribution is -2.15. The third-order valence-corrected chi connectivity index (χ3v) is 3.23. The van der Waals surface area contributed by atoms with Crippen LogP contribution in [-0.2, 0) is 18.3 Å². The van der Waals surface area contributed by atoms with Gasteiger partial charge < -0.3 is 0 Å². The Morgan fingerprint density at radius 3 is 3.00 bits per heavy atom. The van der Waals surface area contributed by atoms with E-state index in [0.717, 1.165) is 6.42 Å². The molecule has 2 aromatic heterocycles. The highest BCUT2D eigenvalue weighted by molar-refractivity contribution is 7.09. The van der Waals surface area contributed by atoms with Crippen molar-refractivity contribution in [2.75, 3.05) is 5.32 Å². The summed E-state index contributed by atoms with van der Waals surface area (Å²) in [5, 5.41) is 8.83. The maximum Gasteiger partial charge on any atom is 0.227 e. The predicted octanol–water partition coefficient (Wildman–Crippen LogP) is 1.76. The van der Waals surface area contributed by atoms with Crippen molar-refractivity contribution in [1.82, 2.24) is 14.8 Å². The van der Waals surface area contributed by atoms with Crippen molar-refractivity contribution in [2.45, 2.75) is 19.8 Å². The lowest BCUT2D eigenvalue weighted by atomic mass is 10.2. The maximum atomic E-state index is 11.7. The fourth-order valence-corrected chi connectivity index (χ4v) is 2.21. The molecule has 0 radical (unpaired) electrons. The number of aryl methyl sites for hydroxylation is 3. The monoisotopic (exact) mass is 250 g/mol. The molecule has 0 saturated heterocycles. The summed E-state index contributed by atoms with van der Waals surface area (Å²) in [6.45, 7) is 1.79. The lowest BCUT2D eigenvalue weighted by Gasteiger charge is -2.02. The molecule has 1 amide bonds. The molecule has 0 saturated carbocycles. The van der Waals surface area contributed by atoms with E-state index in [9.17, 15) is 4.79 Å². The Labute approximate surface area is 103 Å². The third kappa shape index (κ3) is 3.13. The molecule has 0 aromatic carbocycles. The van der Waals surface area contributed by atoms with Gasteiger partial charge in [0.1, 0.15) is 5.82 Å². The van der Waals surface area contributed by atoms with Gasteiger partial charge in [0, 0.05) is 18.3 Å². The number of carbonyl (C=O) groups is 1. The van der Waals surface area contributed by atoms with Crippen molar-refractivity contribution in [1.29, 1.82) is 0 Å². The summed E-state index contributed by atoms with van der Waals surface area (Å²) in [6, 6.07) is 4.02. The second kappa shape index (κ2) is 5.09. The molecule has 0 atom stereocenters. The van der Waals surface area contributed by atoms with Crippen LogP contribution in [0.2, 0.25) is 0 Å². The number of nitrogens with zero attached hydrogens (tertiary/aromatic N) is 3. The zero-order chi connectivity index (χ0) is 12.3. The first-order valence-electron chi connectivity index (χ1n) is 5.35. The normalized spacial score (nSPS) is 10.5. The Morgan fingerprint density at radius 2 is 2.41 bits per heavy atom. The first-order valence-corrected chi connectivity index (χ1v) is 6.23. The van der Waals surface area contributed by atoms with Crippen molar-refractivity contribution < 1.29 is 4.79 Å². The average Bonchev–Trinajstić information content (AvgIpc) is 2.87. The van der Waals surface area contributed by atoms with E-state index in [1.54, 1.807) is 30.0 Å². The van der Waals surface area contributed by atoms with Crippen LogP contribution < -0.4 is 5.32 Å². The van der Waals surface area contributed by atoms with Gasteiger partial charge in [-0.15, -0.1) is 11.3 Å². The highest BCUT2D eigenvalue weighted by Crippen LogP contribution is 2.11. The Kier molecular flexibility index (Phi) is 3.53. The number of thiophene rings is 1. The molecule has 0 unspecified atom stereocenters. The largest absolute Gasteiger partial charge is 0.295 e. The quantitative estimate of drug-likeness (QED) is 0.899. The van der Waals surface area contributed by atoms with E-state index in [0.29, 0.717) is 18.2 Å². The van der Waals surface area contributed by atoms with Crippen LogP contribution in [0.4, 0.5) is 5.95 Å². The fourth-order valence-electron chi connectivity index (χ4n) is 1.50. The Bertz CT molecular complexity index is 504. The molecule has 0 aliphatic heterocycles. The molecule has 2 rings (SSSR count). The van der Waals surface area contributed by atoms with Crippen molar-refractivity contribution >= 4 is 23.2 Å². The van der Waals surface area contributed by atoms with Crippen molar-refractivity contribution in [2.24, 2.45) is 7.05 Å². The topological polar surface area (TPSA) is 59.8 Å². The van der Waals surface area contributed by atoms with Crippen LogP contribution in [0.1, 0.15) is 17.1 Å². The Balaban J connectivity index is 1.87. The van der Waals surface area contributed by atoms with E-state index in [-0.39, 0.29) is 5.91 Å². The smallest absolute Gasteiger partial charge is 0.227 e. The van der Waals surface area contributed by atoms with E-state index in [4.69, 9.17) is 0 Å². The van der Waals surface area contributed by atoms with Gasteiger partial charge in [0.15, 0.2) is 0 Å². The number of hydrogen-bond acceptors (Lipinski definition) is 4. The number of hydrogen-bond donors (Lipinski definition) is 1. The van der Waals surface area contributed by atoms with E-state index in [1.165, 1.54) is 4.88 Å². The summed E-state index contributed by atoms with van der Waals surface area (Å²) in [4.78, 5) is 17.0. The van der Waals surface area contributed by atoms with E-state index < -0.39 is 0 Å². The van der Waals surface area contributed by atoms with Crippen LogP contribution in [-0.4, -0.2) is 20.7 Å². The highest BCUT2D eigenvalue weighted by atomic mass is 32.1. The molecule has 0 aliphatic carbocycles. The van der Waals surface area contributed by atoms with Gasteiger partial charge in [0.2, 0.25) is 11.9 Å². The first kappa shape index (κ1) is 11.8. The minimum absolute atomic E-state index is 0.0334. The molecule has 90 valence electrons. The summed E-state index contributed by atoms with van der Waals surface area (Å²) >= 11 is 1.67. The molecular weight excluding hydrogens is 236 g/mol. The SMILES string of the molecule is Cc1nc(NC(=O)CCc2cccs2)n(C)n1. The zero-order valence-electron chi connectivity index (χ0n) is 9.80. The number of aromatic nitrogens is 3. The van der Waals surface area contributed by atoms with Crippen LogP contribution in [0, 0.1) is 6.92 Å². The molecule has 2 heterocycles. The van der Waals surface area contributed by atoms with E-state index in [1.807, 2.05) is 17.5 Å². The van der Waals surface area contributed by atoms with Crippen LogP contribution in [0.5, 0.6) is 0 Å². The van der Waals surface area contributed by atoms with E-state index in [2.05, 4.69) is 15.4 Å². The van der Waals surface area contributed by atoms with Crippen LogP contribution in [0.25, 0.3) is 0 Å². The minimum Gasteiger partial charge on any atom is -0.295 e. The minimum atomic E-state index is -0.0334. The molecule has 0 aliphatic rings. The predicted molar refractivity (Wildman–Crippen MR) is 67.0 cm³/mol. The van der Waals surface area contributed by atoms with Crippen molar-refractivity contribution in [3.8, 4) is 0 Å².